The molecule has 2 aromatic carbocycles. The van der Waals surface area contributed by atoms with Crippen molar-refractivity contribution < 1.29 is 9.53 Å². The molecule has 2 amide bonds. The van der Waals surface area contributed by atoms with Gasteiger partial charge in [0, 0.05) is 28.7 Å². The van der Waals surface area contributed by atoms with Gasteiger partial charge in [-0.3, -0.25) is 0 Å². The maximum atomic E-state index is 12.4. The minimum Gasteiger partial charge on any atom is -0.497 e. The summed E-state index contributed by atoms with van der Waals surface area (Å²) < 4.78 is 6.21. The molecule has 2 aromatic rings. The van der Waals surface area contributed by atoms with Crippen LogP contribution in [0.5, 0.6) is 5.75 Å². The van der Waals surface area contributed by atoms with E-state index in [1.54, 1.807) is 7.11 Å². The molecular formula is C19H22BrN3O2. The Morgan fingerprint density at radius 3 is 2.56 bits per heavy atom. The van der Waals surface area contributed by atoms with Gasteiger partial charge in [-0.05, 0) is 54.9 Å². The van der Waals surface area contributed by atoms with Crippen LogP contribution in [-0.2, 0) is 0 Å². The summed E-state index contributed by atoms with van der Waals surface area (Å²) in [6.07, 6.45) is 0.982. The highest BCUT2D eigenvalue weighted by molar-refractivity contribution is 9.10. The van der Waals surface area contributed by atoms with Gasteiger partial charge in [-0.15, -0.1) is 0 Å². The fraction of sp³-hybridized carbons (Fsp3) is 0.316. The monoisotopic (exact) mass is 403 g/mol. The van der Waals surface area contributed by atoms with E-state index in [-0.39, 0.29) is 18.0 Å². The number of carbonyl (C=O) groups is 1. The number of methoxy groups -OCH3 is 1. The van der Waals surface area contributed by atoms with E-state index in [2.05, 4.69) is 44.0 Å². The van der Waals surface area contributed by atoms with E-state index >= 15 is 0 Å². The van der Waals surface area contributed by atoms with Gasteiger partial charge >= 0.3 is 6.03 Å². The van der Waals surface area contributed by atoms with Crippen LogP contribution in [-0.4, -0.2) is 32.3 Å². The number of nitrogens with one attached hydrogen (secondary N) is 3. The van der Waals surface area contributed by atoms with Crippen molar-refractivity contribution in [1.29, 1.82) is 0 Å². The summed E-state index contributed by atoms with van der Waals surface area (Å²) in [6, 6.07) is 15.5. The Hall–Kier alpha value is -2.05. The minimum atomic E-state index is -0.186. The standard InChI is InChI=1S/C19H22BrN3O2/c1-25-16-8-2-13(3-9-16)17-10-11-21-12-18(17)23-19(24)22-15-6-4-14(20)5-7-15/h2-9,17-18,21H,10-12H2,1H3,(H2,22,23,24). The average Bonchev–Trinajstić information content (AvgIpc) is 2.64. The molecule has 1 saturated heterocycles. The molecule has 5 nitrogen and oxygen atoms in total. The van der Waals surface area contributed by atoms with Gasteiger partial charge in [0.2, 0.25) is 0 Å². The molecule has 1 heterocycles. The first-order valence-corrected chi connectivity index (χ1v) is 9.13. The van der Waals surface area contributed by atoms with Gasteiger partial charge in [0.05, 0.1) is 7.11 Å². The maximum absolute atomic E-state index is 12.4. The molecule has 2 unspecified atom stereocenters. The summed E-state index contributed by atoms with van der Waals surface area (Å²) in [5, 5.41) is 9.35. The van der Waals surface area contributed by atoms with Gasteiger partial charge < -0.3 is 20.7 Å². The lowest BCUT2D eigenvalue weighted by atomic mass is 9.86. The van der Waals surface area contributed by atoms with E-state index in [9.17, 15) is 4.79 Å². The number of hydrogen-bond donors (Lipinski definition) is 3. The smallest absolute Gasteiger partial charge is 0.319 e. The summed E-state index contributed by atoms with van der Waals surface area (Å²) in [5.41, 5.74) is 1.99. The van der Waals surface area contributed by atoms with Crippen molar-refractivity contribution in [2.75, 3.05) is 25.5 Å². The molecule has 6 heteroatoms. The third-order valence-electron chi connectivity index (χ3n) is 4.44. The second-order valence-corrected chi connectivity index (χ2v) is 7.00. The first kappa shape index (κ1) is 17.8. The normalized spacial score (nSPS) is 19.9. The third kappa shape index (κ3) is 4.74. The topological polar surface area (TPSA) is 62.4 Å². The molecule has 132 valence electrons. The van der Waals surface area contributed by atoms with Gasteiger partial charge in [0.15, 0.2) is 0 Å². The molecule has 0 aliphatic carbocycles. The number of piperidine rings is 1. The van der Waals surface area contributed by atoms with Crippen LogP contribution in [0.15, 0.2) is 53.0 Å². The Morgan fingerprint density at radius 1 is 1.16 bits per heavy atom. The van der Waals surface area contributed by atoms with Crippen molar-refractivity contribution in [3.8, 4) is 5.75 Å². The van der Waals surface area contributed by atoms with Crippen LogP contribution < -0.4 is 20.7 Å². The van der Waals surface area contributed by atoms with E-state index in [1.807, 2.05) is 36.4 Å². The average molecular weight is 404 g/mol. The second kappa shape index (κ2) is 8.36. The van der Waals surface area contributed by atoms with Crippen LogP contribution in [0.4, 0.5) is 10.5 Å². The van der Waals surface area contributed by atoms with Crippen molar-refractivity contribution in [2.45, 2.75) is 18.4 Å². The van der Waals surface area contributed by atoms with Gasteiger partial charge in [-0.2, -0.15) is 0 Å². The van der Waals surface area contributed by atoms with Crippen LogP contribution in [0, 0.1) is 0 Å². The van der Waals surface area contributed by atoms with E-state index in [4.69, 9.17) is 4.74 Å². The number of halogens is 1. The third-order valence-corrected chi connectivity index (χ3v) is 4.97. The van der Waals surface area contributed by atoms with Crippen LogP contribution in [0.25, 0.3) is 0 Å². The van der Waals surface area contributed by atoms with Gasteiger partial charge in [0.1, 0.15) is 5.75 Å². The SMILES string of the molecule is COc1ccc(C2CCNCC2NC(=O)Nc2ccc(Br)cc2)cc1. The molecule has 25 heavy (non-hydrogen) atoms. The lowest BCUT2D eigenvalue weighted by Crippen LogP contribution is -2.51. The largest absolute Gasteiger partial charge is 0.497 e. The first-order chi connectivity index (χ1) is 12.2. The fourth-order valence-corrected chi connectivity index (χ4v) is 3.39. The van der Waals surface area contributed by atoms with Crippen LogP contribution >= 0.6 is 15.9 Å². The molecule has 0 spiro atoms. The maximum Gasteiger partial charge on any atom is 0.319 e. The summed E-state index contributed by atoms with van der Waals surface area (Å²) >= 11 is 3.39. The molecule has 0 radical (unpaired) electrons. The predicted molar refractivity (Wildman–Crippen MR) is 103 cm³/mol. The molecule has 3 N–H and O–H groups in total. The van der Waals surface area contributed by atoms with Crippen LogP contribution in [0.1, 0.15) is 17.9 Å². The lowest BCUT2D eigenvalue weighted by Gasteiger charge is -2.33. The summed E-state index contributed by atoms with van der Waals surface area (Å²) in [7, 11) is 1.66. The number of anilines is 1. The molecule has 1 aliphatic rings. The Balaban J connectivity index is 1.65. The van der Waals surface area contributed by atoms with E-state index < -0.39 is 0 Å². The number of amides is 2. The van der Waals surface area contributed by atoms with Crippen LogP contribution in [0.2, 0.25) is 0 Å². The van der Waals surface area contributed by atoms with Crippen molar-refractivity contribution >= 4 is 27.6 Å². The fourth-order valence-electron chi connectivity index (χ4n) is 3.13. The molecule has 0 saturated carbocycles. The highest BCUT2D eigenvalue weighted by Gasteiger charge is 2.27. The number of ether oxygens (including phenoxy) is 1. The van der Waals surface area contributed by atoms with Gasteiger partial charge in [0.25, 0.3) is 0 Å². The highest BCUT2D eigenvalue weighted by atomic mass is 79.9. The zero-order valence-corrected chi connectivity index (χ0v) is 15.7. The molecule has 0 bridgehead atoms. The Labute approximate surface area is 156 Å². The van der Waals surface area contributed by atoms with Crippen molar-refractivity contribution in [1.82, 2.24) is 10.6 Å². The molecule has 1 fully saturated rings. The van der Waals surface area contributed by atoms with Crippen molar-refractivity contribution in [2.24, 2.45) is 0 Å². The molecular weight excluding hydrogens is 382 g/mol. The van der Waals surface area contributed by atoms with E-state index in [0.717, 1.165) is 35.4 Å². The number of hydrogen-bond acceptors (Lipinski definition) is 3. The molecule has 1 aliphatic heterocycles. The zero-order valence-electron chi connectivity index (χ0n) is 14.1. The first-order valence-electron chi connectivity index (χ1n) is 8.33. The molecule has 3 rings (SSSR count). The summed E-state index contributed by atoms with van der Waals surface area (Å²) in [6.45, 7) is 1.70. The van der Waals surface area contributed by atoms with E-state index in [0.29, 0.717) is 0 Å². The minimum absolute atomic E-state index is 0.0394. The van der Waals surface area contributed by atoms with E-state index in [1.165, 1.54) is 5.56 Å². The predicted octanol–water partition coefficient (Wildman–Crippen LogP) is 3.72. The van der Waals surface area contributed by atoms with Gasteiger partial charge in [-0.1, -0.05) is 28.1 Å². The van der Waals surface area contributed by atoms with Crippen LogP contribution in [0.3, 0.4) is 0 Å². The zero-order chi connectivity index (χ0) is 17.6. The Morgan fingerprint density at radius 2 is 1.88 bits per heavy atom. The summed E-state index contributed by atoms with van der Waals surface area (Å²) in [4.78, 5) is 12.4. The molecule has 0 aromatic heterocycles. The lowest BCUT2D eigenvalue weighted by molar-refractivity contribution is 0.242. The number of carbonyl (C=O) groups excluding carboxylic acids is 1. The molecule has 2 atom stereocenters. The number of rotatable bonds is 4. The number of benzene rings is 2. The van der Waals surface area contributed by atoms with Gasteiger partial charge in [-0.25, -0.2) is 4.79 Å². The second-order valence-electron chi connectivity index (χ2n) is 6.08. The Bertz CT molecular complexity index is 704. The summed E-state index contributed by atoms with van der Waals surface area (Å²) in [5.74, 6) is 1.12. The number of urea groups is 1. The van der Waals surface area contributed by atoms with Crippen molar-refractivity contribution in [3.63, 3.8) is 0 Å². The highest BCUT2D eigenvalue weighted by Crippen LogP contribution is 2.27. The van der Waals surface area contributed by atoms with Crippen molar-refractivity contribution in [3.05, 3.63) is 58.6 Å². The quantitative estimate of drug-likeness (QED) is 0.728. The Kier molecular flexibility index (Phi) is 5.94.